The predicted molar refractivity (Wildman–Crippen MR) is 71.0 cm³/mol. The number of aromatic nitrogens is 4. The van der Waals surface area contributed by atoms with Gasteiger partial charge in [-0.05, 0) is 0 Å². The van der Waals surface area contributed by atoms with Crippen molar-refractivity contribution in [3.05, 3.63) is 41.7 Å². The number of nitrogens with zero attached hydrogens (tertiary/aromatic N) is 3. The van der Waals surface area contributed by atoms with Gasteiger partial charge in [0.05, 0.1) is 0 Å². The standard InChI is InChI=1S/C13H8N4O4/c18-12(19)9-7-8(10(13(20)21)17-16-9)15-11(14-7)6-4-2-1-3-5-6/h1-5H,(H,14,15)(H,18,19)(H,20,21). The maximum Gasteiger partial charge on any atom is 0.358 e. The summed E-state index contributed by atoms with van der Waals surface area (Å²) in [4.78, 5) is 29.2. The number of imidazole rings is 1. The van der Waals surface area contributed by atoms with Crippen LogP contribution in [0.15, 0.2) is 30.3 Å². The first-order chi connectivity index (χ1) is 10.1. The third kappa shape index (κ3) is 2.08. The maximum absolute atomic E-state index is 11.1. The van der Waals surface area contributed by atoms with Gasteiger partial charge >= 0.3 is 11.9 Å². The summed E-state index contributed by atoms with van der Waals surface area (Å²) in [6, 6.07) is 8.92. The summed E-state index contributed by atoms with van der Waals surface area (Å²) in [5.41, 5.74) is -0.0676. The molecule has 2 aromatic heterocycles. The molecular formula is C13H8N4O4. The van der Waals surface area contributed by atoms with Gasteiger partial charge < -0.3 is 15.2 Å². The van der Waals surface area contributed by atoms with Crippen LogP contribution in [0.5, 0.6) is 0 Å². The highest BCUT2D eigenvalue weighted by atomic mass is 16.4. The lowest BCUT2D eigenvalue weighted by Gasteiger charge is -1.97. The van der Waals surface area contributed by atoms with Crippen molar-refractivity contribution in [1.82, 2.24) is 20.2 Å². The van der Waals surface area contributed by atoms with Crippen molar-refractivity contribution in [1.29, 1.82) is 0 Å². The molecule has 2 heterocycles. The van der Waals surface area contributed by atoms with E-state index in [0.717, 1.165) is 0 Å². The van der Waals surface area contributed by atoms with E-state index in [1.807, 2.05) is 6.07 Å². The van der Waals surface area contributed by atoms with Crippen LogP contribution < -0.4 is 0 Å². The molecule has 0 bridgehead atoms. The zero-order chi connectivity index (χ0) is 15.0. The van der Waals surface area contributed by atoms with Gasteiger partial charge in [0, 0.05) is 5.56 Å². The first-order valence-electron chi connectivity index (χ1n) is 5.86. The molecule has 0 unspecified atom stereocenters. The van der Waals surface area contributed by atoms with Crippen LogP contribution in [0, 0.1) is 0 Å². The molecule has 3 aromatic rings. The van der Waals surface area contributed by atoms with E-state index in [0.29, 0.717) is 11.4 Å². The Morgan fingerprint density at radius 1 is 0.952 bits per heavy atom. The highest BCUT2D eigenvalue weighted by Crippen LogP contribution is 2.23. The second kappa shape index (κ2) is 4.67. The first-order valence-corrected chi connectivity index (χ1v) is 5.86. The third-order valence-electron chi connectivity index (χ3n) is 2.87. The van der Waals surface area contributed by atoms with Crippen molar-refractivity contribution in [3.63, 3.8) is 0 Å². The number of fused-ring (bicyclic) bond motifs is 1. The topological polar surface area (TPSA) is 129 Å². The number of carbonyl (C=O) groups is 2. The van der Waals surface area contributed by atoms with E-state index in [9.17, 15) is 9.59 Å². The van der Waals surface area contributed by atoms with Crippen LogP contribution in [0.4, 0.5) is 0 Å². The molecule has 3 N–H and O–H groups in total. The number of rotatable bonds is 3. The fraction of sp³-hybridized carbons (Fsp3) is 0. The van der Waals surface area contributed by atoms with E-state index in [-0.39, 0.29) is 16.7 Å². The second-order valence-corrected chi connectivity index (χ2v) is 4.18. The number of benzene rings is 1. The van der Waals surface area contributed by atoms with Gasteiger partial charge in [0.1, 0.15) is 16.9 Å². The van der Waals surface area contributed by atoms with Gasteiger partial charge in [-0.25, -0.2) is 14.6 Å². The number of carboxylic acids is 2. The summed E-state index contributed by atoms with van der Waals surface area (Å²) in [5, 5.41) is 25.0. The van der Waals surface area contributed by atoms with Crippen LogP contribution >= 0.6 is 0 Å². The van der Waals surface area contributed by atoms with Crippen molar-refractivity contribution in [2.75, 3.05) is 0 Å². The van der Waals surface area contributed by atoms with Crippen LogP contribution in [0.3, 0.4) is 0 Å². The van der Waals surface area contributed by atoms with E-state index < -0.39 is 17.6 Å². The Hall–Kier alpha value is -3.29. The second-order valence-electron chi connectivity index (χ2n) is 4.18. The minimum atomic E-state index is -1.32. The molecule has 8 nitrogen and oxygen atoms in total. The Kier molecular flexibility index (Phi) is 2.83. The Morgan fingerprint density at radius 2 is 1.57 bits per heavy atom. The molecule has 8 heteroatoms. The fourth-order valence-electron chi connectivity index (χ4n) is 1.94. The minimum absolute atomic E-state index is 0.0336. The molecule has 3 rings (SSSR count). The molecule has 0 spiro atoms. The number of hydrogen-bond donors (Lipinski definition) is 3. The third-order valence-corrected chi connectivity index (χ3v) is 2.87. The van der Waals surface area contributed by atoms with Crippen molar-refractivity contribution < 1.29 is 19.8 Å². The molecule has 0 aliphatic carbocycles. The zero-order valence-corrected chi connectivity index (χ0v) is 10.4. The zero-order valence-electron chi connectivity index (χ0n) is 10.4. The lowest BCUT2D eigenvalue weighted by Crippen LogP contribution is -2.09. The van der Waals surface area contributed by atoms with Crippen molar-refractivity contribution in [2.24, 2.45) is 0 Å². The summed E-state index contributed by atoms with van der Waals surface area (Å²) in [7, 11) is 0. The minimum Gasteiger partial charge on any atom is -0.476 e. The van der Waals surface area contributed by atoms with Crippen LogP contribution in [0.1, 0.15) is 21.0 Å². The van der Waals surface area contributed by atoms with Gasteiger partial charge in [-0.1, -0.05) is 30.3 Å². The summed E-state index contributed by atoms with van der Waals surface area (Å²) >= 11 is 0. The lowest BCUT2D eigenvalue weighted by atomic mass is 10.2. The molecule has 21 heavy (non-hydrogen) atoms. The molecule has 1 aromatic carbocycles. The summed E-state index contributed by atoms with van der Waals surface area (Å²) in [6.07, 6.45) is 0. The summed E-state index contributed by atoms with van der Waals surface area (Å²) < 4.78 is 0. The van der Waals surface area contributed by atoms with E-state index >= 15 is 0 Å². The van der Waals surface area contributed by atoms with Crippen LogP contribution in [0.25, 0.3) is 22.4 Å². The van der Waals surface area contributed by atoms with Gasteiger partial charge in [0.15, 0.2) is 11.4 Å². The SMILES string of the molecule is O=C(O)c1nnc(C(=O)O)c2[nH]c(-c3ccccc3)nc12. The number of H-pyrrole nitrogens is 1. The largest absolute Gasteiger partial charge is 0.476 e. The van der Waals surface area contributed by atoms with Gasteiger partial charge in [0.25, 0.3) is 0 Å². The predicted octanol–water partition coefficient (Wildman–Crippen LogP) is 1.42. The molecule has 0 atom stereocenters. The lowest BCUT2D eigenvalue weighted by molar-refractivity contribution is 0.0672. The highest BCUT2D eigenvalue weighted by Gasteiger charge is 2.22. The molecule has 104 valence electrons. The number of nitrogens with one attached hydrogen (secondary N) is 1. The number of hydrogen-bond acceptors (Lipinski definition) is 5. The fourth-order valence-corrected chi connectivity index (χ4v) is 1.94. The Balaban J connectivity index is 2.32. The number of aromatic amines is 1. The van der Waals surface area contributed by atoms with E-state index in [1.54, 1.807) is 24.3 Å². The molecule has 0 amide bonds. The van der Waals surface area contributed by atoms with Gasteiger partial charge in [-0.2, -0.15) is 0 Å². The van der Waals surface area contributed by atoms with Gasteiger partial charge in [-0.15, -0.1) is 10.2 Å². The molecule has 0 aliphatic rings. The molecule has 0 saturated heterocycles. The Bertz CT molecular complexity index is 806. The summed E-state index contributed by atoms with van der Waals surface area (Å²) in [6.45, 7) is 0. The Labute approximate surface area is 117 Å². The van der Waals surface area contributed by atoms with E-state index in [1.165, 1.54) is 0 Å². The van der Waals surface area contributed by atoms with Gasteiger partial charge in [0.2, 0.25) is 0 Å². The monoisotopic (exact) mass is 284 g/mol. The molecule has 0 saturated carbocycles. The molecular weight excluding hydrogens is 276 g/mol. The smallest absolute Gasteiger partial charge is 0.358 e. The van der Waals surface area contributed by atoms with Crippen molar-refractivity contribution in [2.45, 2.75) is 0 Å². The first kappa shape index (κ1) is 12.7. The van der Waals surface area contributed by atoms with Crippen molar-refractivity contribution in [3.8, 4) is 11.4 Å². The van der Waals surface area contributed by atoms with E-state index in [4.69, 9.17) is 10.2 Å². The van der Waals surface area contributed by atoms with Crippen molar-refractivity contribution >= 4 is 23.0 Å². The average Bonchev–Trinajstić information content (AvgIpc) is 2.91. The average molecular weight is 284 g/mol. The molecule has 0 radical (unpaired) electrons. The quantitative estimate of drug-likeness (QED) is 0.663. The normalized spacial score (nSPS) is 10.7. The Morgan fingerprint density at radius 3 is 2.19 bits per heavy atom. The molecule has 0 fully saturated rings. The highest BCUT2D eigenvalue weighted by molar-refractivity contribution is 6.06. The maximum atomic E-state index is 11.1. The number of carboxylic acid groups (broad SMARTS) is 2. The van der Waals surface area contributed by atoms with Crippen LogP contribution in [-0.2, 0) is 0 Å². The van der Waals surface area contributed by atoms with Crippen LogP contribution in [-0.4, -0.2) is 42.3 Å². The summed E-state index contributed by atoms with van der Waals surface area (Å²) in [5.74, 6) is -2.28. The van der Waals surface area contributed by atoms with Crippen LogP contribution in [0.2, 0.25) is 0 Å². The number of aromatic carboxylic acids is 2. The van der Waals surface area contributed by atoms with Gasteiger partial charge in [-0.3, -0.25) is 0 Å². The van der Waals surface area contributed by atoms with E-state index in [2.05, 4.69) is 20.2 Å². The molecule has 0 aliphatic heterocycles.